The van der Waals surface area contributed by atoms with Gasteiger partial charge >= 0.3 is 6.01 Å². The Morgan fingerprint density at radius 1 is 1.04 bits per heavy atom. The Hall–Kier alpha value is -1.92. The lowest BCUT2D eigenvalue weighted by Crippen LogP contribution is -2.47. The van der Waals surface area contributed by atoms with Crippen molar-refractivity contribution in [2.45, 2.75) is 134 Å². The minimum absolute atomic E-state index is 0.0643. The van der Waals surface area contributed by atoms with E-state index in [-0.39, 0.29) is 47.6 Å². The number of hydrogen-bond acceptors (Lipinski definition) is 9. The number of ether oxygens (including phenoxy) is 4. The first kappa shape index (κ1) is 40.7. The van der Waals surface area contributed by atoms with Gasteiger partial charge in [0.2, 0.25) is 0 Å². The van der Waals surface area contributed by atoms with Crippen molar-refractivity contribution < 1.29 is 36.2 Å². The fraction of sp³-hybridized carbons (Fsp3) is 0.684. The lowest BCUT2D eigenvalue weighted by Gasteiger charge is -2.39. The van der Waals surface area contributed by atoms with Crippen LogP contribution >= 0.6 is 11.6 Å². The fourth-order valence-corrected chi connectivity index (χ4v) is 10.2. The Bertz CT molecular complexity index is 1910. The second-order valence-electron chi connectivity index (χ2n) is 17.9. The van der Waals surface area contributed by atoms with Crippen LogP contribution in [-0.4, -0.2) is 95.6 Å². The molecular weight excluding hydrogens is 753 g/mol. The molecule has 294 valence electrons. The Labute approximate surface area is 321 Å². The molecule has 0 spiro atoms. The van der Waals surface area contributed by atoms with Crippen molar-refractivity contribution >= 4 is 49.0 Å². The van der Waals surface area contributed by atoms with Crippen molar-refractivity contribution in [3.8, 4) is 6.01 Å². The summed E-state index contributed by atoms with van der Waals surface area (Å²) in [4.78, 5) is 9.90. The Kier molecular flexibility index (Phi) is 12.0. The van der Waals surface area contributed by atoms with Gasteiger partial charge in [-0.1, -0.05) is 58.1 Å². The number of aromatic nitrogens is 3. The van der Waals surface area contributed by atoms with E-state index in [9.17, 15) is 8.42 Å². The number of aryl methyl sites for hydroxylation is 2. The zero-order chi connectivity index (χ0) is 38.5. The molecule has 4 heterocycles. The van der Waals surface area contributed by atoms with Crippen molar-refractivity contribution in [3.05, 3.63) is 51.4 Å². The molecule has 0 radical (unpaired) electrons. The highest BCUT2D eigenvalue weighted by Gasteiger charge is 2.52. The summed E-state index contributed by atoms with van der Waals surface area (Å²) >= 11 is 6.88. The van der Waals surface area contributed by atoms with Gasteiger partial charge in [-0.05, 0) is 91.0 Å². The van der Waals surface area contributed by atoms with Gasteiger partial charge in [0, 0.05) is 20.9 Å². The highest BCUT2D eigenvalue weighted by atomic mass is 35.5. The van der Waals surface area contributed by atoms with Crippen LogP contribution < -0.4 is 4.74 Å². The molecular formula is C38H57ClFN3O7SSi2. The summed E-state index contributed by atoms with van der Waals surface area (Å²) in [6.07, 6.45) is 3.13. The first-order valence-corrected chi connectivity index (χ1v) is 27.9. The van der Waals surface area contributed by atoms with Crippen molar-refractivity contribution in [2.75, 3.05) is 31.8 Å². The van der Waals surface area contributed by atoms with Gasteiger partial charge in [0.1, 0.15) is 40.1 Å². The van der Waals surface area contributed by atoms with E-state index < -0.39 is 32.3 Å². The predicted octanol–water partition coefficient (Wildman–Crippen LogP) is 7.72. The van der Waals surface area contributed by atoms with Gasteiger partial charge in [-0.15, -0.1) is 0 Å². The number of nitrogens with zero attached hydrogens (tertiary/aromatic N) is 3. The van der Waals surface area contributed by atoms with Crippen molar-refractivity contribution in [2.24, 2.45) is 0 Å². The number of fused-ring (bicyclic) bond motifs is 3. The second kappa shape index (κ2) is 15.6. The van der Waals surface area contributed by atoms with Gasteiger partial charge in [-0.2, -0.15) is 4.98 Å². The molecule has 0 bridgehead atoms. The maximum atomic E-state index is 15.6. The van der Waals surface area contributed by atoms with Gasteiger partial charge in [0.15, 0.2) is 20.1 Å². The number of halogens is 2. The largest absolute Gasteiger partial charge is 0.456 e. The first-order chi connectivity index (χ1) is 24.7. The van der Waals surface area contributed by atoms with Gasteiger partial charge in [0.05, 0.1) is 35.8 Å². The van der Waals surface area contributed by atoms with E-state index >= 15 is 4.39 Å². The number of hydrogen-bond donors (Lipinski definition) is 0. The number of imidazole rings is 1. The summed E-state index contributed by atoms with van der Waals surface area (Å²) in [5.74, 6) is -0.258. The molecule has 3 aromatic rings. The normalized spacial score (nSPS) is 23.6. The second-order valence-corrected chi connectivity index (χ2v) is 31.0. The van der Waals surface area contributed by atoms with Crippen LogP contribution in [-0.2, 0) is 54.5 Å². The molecule has 5 atom stereocenters. The molecule has 0 saturated carbocycles. The molecule has 0 amide bonds. The van der Waals surface area contributed by atoms with Crippen LogP contribution in [0.4, 0.5) is 4.39 Å². The molecule has 15 heteroatoms. The van der Waals surface area contributed by atoms with Gasteiger partial charge in [0.25, 0.3) is 0 Å². The van der Waals surface area contributed by atoms with E-state index in [2.05, 4.69) is 53.5 Å². The summed E-state index contributed by atoms with van der Waals surface area (Å²) < 4.78 is 72.8. The van der Waals surface area contributed by atoms with E-state index in [1.165, 1.54) is 6.26 Å². The summed E-state index contributed by atoms with van der Waals surface area (Å²) in [6.45, 7) is 19.7. The summed E-state index contributed by atoms with van der Waals surface area (Å²) in [5.41, 5.74) is 4.34. The van der Waals surface area contributed by atoms with Crippen molar-refractivity contribution in [3.63, 3.8) is 0 Å². The first-order valence-electron chi connectivity index (χ1n) is 18.9. The SMILES string of the molecule is CC(C)(C)[Si](C)(C)O[C@@H]1CO[C@H]2[C@@H]1OC[C@H]2Oc1nc2cc(Cl)c(C[C@H]3CCc4cc(CCCS(C)(=O)=O)cc(F)c43)nc2n1COCC[Si](C)(C)C. The molecule has 3 aliphatic rings. The van der Waals surface area contributed by atoms with Gasteiger partial charge in [-0.25, -0.2) is 17.8 Å². The van der Waals surface area contributed by atoms with E-state index in [1.54, 1.807) is 6.07 Å². The Balaban J connectivity index is 1.22. The number of benzene rings is 1. The number of rotatable bonds is 15. The molecule has 2 aliphatic heterocycles. The average molecular weight is 811 g/mol. The van der Waals surface area contributed by atoms with Crippen LogP contribution in [0.3, 0.4) is 0 Å². The van der Waals surface area contributed by atoms with Crippen molar-refractivity contribution in [1.29, 1.82) is 0 Å². The number of pyridine rings is 1. The Morgan fingerprint density at radius 3 is 2.42 bits per heavy atom. The molecule has 6 rings (SSSR count). The fourth-order valence-electron chi connectivity index (χ4n) is 7.24. The van der Waals surface area contributed by atoms with Crippen LogP contribution in [0, 0.1) is 5.82 Å². The predicted molar refractivity (Wildman–Crippen MR) is 212 cm³/mol. The van der Waals surface area contributed by atoms with Gasteiger partial charge in [-0.3, -0.25) is 4.57 Å². The third-order valence-electron chi connectivity index (χ3n) is 11.3. The third-order valence-corrected chi connectivity index (χ3v) is 18.8. The highest BCUT2D eigenvalue weighted by Crippen LogP contribution is 2.42. The molecule has 0 unspecified atom stereocenters. The molecule has 0 N–H and O–H groups in total. The maximum absolute atomic E-state index is 15.6. The van der Waals surface area contributed by atoms with Crippen LogP contribution in [0.1, 0.15) is 61.9 Å². The number of sulfone groups is 1. The topological polar surface area (TPSA) is 111 Å². The lowest BCUT2D eigenvalue weighted by atomic mass is 9.94. The molecule has 1 aromatic carbocycles. The molecule has 2 saturated heterocycles. The molecule has 2 aromatic heterocycles. The van der Waals surface area contributed by atoms with Crippen LogP contribution in [0.5, 0.6) is 6.01 Å². The standard InChI is InChI=1S/C38H57ClFN3O7SSi2/c1-38(2,3)53(8,9)50-32-22-48-34-31(21-47-35(32)34)49-37-42-30-20-27(39)29(41-36(30)43(37)23-46-14-16-52(5,6)7)19-26-13-12-25-17-24(18-28(40)33(25)26)11-10-15-51(4,44)45/h17-18,20,26,31-32,34-35H,10-16,19,21-23H2,1-9H3/t26-,31-,32-,34-,35-/m1/s1. The quantitative estimate of drug-likeness (QED) is 0.113. The lowest BCUT2D eigenvalue weighted by molar-refractivity contribution is 0.00687. The smallest absolute Gasteiger partial charge is 0.301 e. The molecule has 1 aliphatic carbocycles. The minimum Gasteiger partial charge on any atom is -0.456 e. The molecule has 2 fully saturated rings. The zero-order valence-corrected chi connectivity index (χ0v) is 36.3. The third kappa shape index (κ3) is 9.56. The summed E-state index contributed by atoms with van der Waals surface area (Å²) in [7, 11) is -6.43. The van der Waals surface area contributed by atoms with Gasteiger partial charge < -0.3 is 23.4 Å². The maximum Gasteiger partial charge on any atom is 0.301 e. The van der Waals surface area contributed by atoms with Crippen LogP contribution in [0.15, 0.2) is 18.2 Å². The zero-order valence-electron chi connectivity index (χ0n) is 32.8. The average Bonchev–Trinajstić information content (AvgIpc) is 3.79. The monoisotopic (exact) mass is 809 g/mol. The summed E-state index contributed by atoms with van der Waals surface area (Å²) in [5, 5.41) is 0.531. The highest BCUT2D eigenvalue weighted by molar-refractivity contribution is 7.90. The van der Waals surface area contributed by atoms with E-state index in [1.807, 2.05) is 16.7 Å². The van der Waals surface area contributed by atoms with Crippen LogP contribution in [0.25, 0.3) is 11.2 Å². The van der Waals surface area contributed by atoms with E-state index in [0.717, 1.165) is 30.0 Å². The Morgan fingerprint density at radius 2 is 1.74 bits per heavy atom. The summed E-state index contributed by atoms with van der Waals surface area (Å²) in [6, 6.07) is 6.77. The minimum atomic E-state index is -3.06. The molecule has 53 heavy (non-hydrogen) atoms. The van der Waals surface area contributed by atoms with E-state index in [0.29, 0.717) is 72.5 Å². The van der Waals surface area contributed by atoms with Crippen molar-refractivity contribution in [1.82, 2.24) is 14.5 Å². The van der Waals surface area contributed by atoms with Crippen LogP contribution in [0.2, 0.25) is 48.8 Å². The molecule has 10 nitrogen and oxygen atoms in total. The van der Waals surface area contributed by atoms with E-state index in [4.69, 9.17) is 44.9 Å².